The summed E-state index contributed by atoms with van der Waals surface area (Å²) in [6.07, 6.45) is 12.1. The molecule has 0 amide bonds. The molecule has 0 N–H and O–H groups in total. The normalized spacial score (nSPS) is 10.6. The molecule has 0 bridgehead atoms. The molecule has 0 atom stereocenters. The molecule has 1 aromatic carbocycles. The van der Waals surface area contributed by atoms with E-state index in [4.69, 9.17) is 5.26 Å². The Balaban J connectivity index is 1.80. The number of hydrogen-bond acceptors (Lipinski definition) is 3. The van der Waals surface area contributed by atoms with Crippen LogP contribution in [0.1, 0.15) is 69.4 Å². The number of unbranched alkanes of at least 4 members (excludes halogenated alkanes) is 7. The van der Waals surface area contributed by atoms with Crippen LogP contribution in [0.25, 0.3) is 11.4 Å². The molecule has 4 heteroatoms. The van der Waals surface area contributed by atoms with Crippen molar-refractivity contribution in [1.29, 1.82) is 5.26 Å². The summed E-state index contributed by atoms with van der Waals surface area (Å²) >= 11 is 0. The molecule has 0 aliphatic rings. The Morgan fingerprint density at radius 2 is 1.60 bits per heavy atom. The SMILES string of the molecule is CCCCCCCCCCc1cnc(-c2ccc(C#N)cc2)nc1F. The van der Waals surface area contributed by atoms with Crippen LogP contribution in [0.3, 0.4) is 0 Å². The molecule has 2 aromatic rings. The van der Waals surface area contributed by atoms with Gasteiger partial charge in [-0.05, 0) is 37.1 Å². The van der Waals surface area contributed by atoms with Crippen molar-refractivity contribution in [3.8, 4) is 17.5 Å². The van der Waals surface area contributed by atoms with E-state index >= 15 is 0 Å². The van der Waals surface area contributed by atoms with E-state index in [0.717, 1.165) is 18.4 Å². The van der Waals surface area contributed by atoms with Gasteiger partial charge in [0, 0.05) is 17.3 Å². The summed E-state index contributed by atoms with van der Waals surface area (Å²) in [6.45, 7) is 2.23. The lowest BCUT2D eigenvalue weighted by Crippen LogP contribution is -1.99. The first-order valence-electron chi connectivity index (χ1n) is 9.26. The van der Waals surface area contributed by atoms with Gasteiger partial charge in [-0.2, -0.15) is 14.6 Å². The molecule has 0 fully saturated rings. The van der Waals surface area contributed by atoms with E-state index in [1.165, 1.54) is 38.5 Å². The fourth-order valence-corrected chi connectivity index (χ4v) is 2.84. The number of nitriles is 1. The number of rotatable bonds is 10. The van der Waals surface area contributed by atoms with Crippen LogP contribution in [0.15, 0.2) is 30.5 Å². The van der Waals surface area contributed by atoms with Gasteiger partial charge in [-0.1, -0.05) is 51.9 Å². The van der Waals surface area contributed by atoms with Gasteiger partial charge < -0.3 is 0 Å². The maximum atomic E-state index is 14.2. The highest BCUT2D eigenvalue weighted by atomic mass is 19.1. The van der Waals surface area contributed by atoms with E-state index in [-0.39, 0.29) is 0 Å². The van der Waals surface area contributed by atoms with E-state index in [1.807, 2.05) is 0 Å². The second-order valence-corrected chi connectivity index (χ2v) is 6.42. The number of aromatic nitrogens is 2. The van der Waals surface area contributed by atoms with Gasteiger partial charge in [0.1, 0.15) is 0 Å². The van der Waals surface area contributed by atoms with Crippen LogP contribution in [-0.2, 0) is 6.42 Å². The van der Waals surface area contributed by atoms with Gasteiger partial charge in [0.15, 0.2) is 5.82 Å². The molecule has 1 aromatic heterocycles. The lowest BCUT2D eigenvalue weighted by molar-refractivity contribution is 0.544. The summed E-state index contributed by atoms with van der Waals surface area (Å²) in [7, 11) is 0. The van der Waals surface area contributed by atoms with Crippen LogP contribution in [0.5, 0.6) is 0 Å². The molecule has 0 aliphatic carbocycles. The van der Waals surface area contributed by atoms with Crippen LogP contribution in [-0.4, -0.2) is 9.97 Å². The van der Waals surface area contributed by atoms with Crippen LogP contribution < -0.4 is 0 Å². The third-order valence-electron chi connectivity index (χ3n) is 4.38. The second-order valence-electron chi connectivity index (χ2n) is 6.42. The first-order valence-corrected chi connectivity index (χ1v) is 9.26. The maximum Gasteiger partial charge on any atom is 0.219 e. The molecule has 0 saturated carbocycles. The fourth-order valence-electron chi connectivity index (χ4n) is 2.84. The highest BCUT2D eigenvalue weighted by Gasteiger charge is 2.08. The van der Waals surface area contributed by atoms with E-state index in [2.05, 4.69) is 23.0 Å². The molecule has 1 heterocycles. The van der Waals surface area contributed by atoms with Crippen LogP contribution in [0, 0.1) is 17.3 Å². The standard InChI is InChI=1S/C21H26FN3/c1-2-3-4-5-6-7-8-9-10-19-16-24-21(25-20(19)22)18-13-11-17(15-23)12-14-18/h11-14,16H,2-10H2,1H3. The number of nitrogens with zero attached hydrogens (tertiary/aromatic N) is 3. The molecule has 3 nitrogen and oxygen atoms in total. The number of hydrogen-bond donors (Lipinski definition) is 0. The summed E-state index contributed by atoms with van der Waals surface area (Å²) in [5.41, 5.74) is 1.87. The Morgan fingerprint density at radius 3 is 2.20 bits per heavy atom. The van der Waals surface area contributed by atoms with Gasteiger partial charge in [0.25, 0.3) is 0 Å². The van der Waals surface area contributed by atoms with Crippen molar-refractivity contribution >= 4 is 0 Å². The molecule has 2 rings (SSSR count). The monoisotopic (exact) mass is 339 g/mol. The Hall–Kier alpha value is -2.28. The summed E-state index contributed by atoms with van der Waals surface area (Å²) in [4.78, 5) is 8.27. The lowest BCUT2D eigenvalue weighted by Gasteiger charge is -2.05. The van der Waals surface area contributed by atoms with E-state index in [1.54, 1.807) is 30.5 Å². The minimum absolute atomic E-state index is 0.363. The number of halogens is 1. The molecule has 25 heavy (non-hydrogen) atoms. The minimum atomic E-state index is -0.433. The molecular formula is C21H26FN3. The van der Waals surface area contributed by atoms with Crippen molar-refractivity contribution in [2.75, 3.05) is 0 Å². The average Bonchev–Trinajstić information content (AvgIpc) is 2.65. The molecule has 0 radical (unpaired) electrons. The third-order valence-corrected chi connectivity index (χ3v) is 4.38. The molecule has 0 unspecified atom stereocenters. The van der Waals surface area contributed by atoms with Crippen LogP contribution in [0.4, 0.5) is 4.39 Å². The van der Waals surface area contributed by atoms with Crippen molar-refractivity contribution in [3.05, 3.63) is 47.5 Å². The largest absolute Gasteiger partial charge is 0.236 e. The van der Waals surface area contributed by atoms with E-state index in [9.17, 15) is 4.39 Å². The van der Waals surface area contributed by atoms with Crippen LogP contribution >= 0.6 is 0 Å². The van der Waals surface area contributed by atoms with Gasteiger partial charge >= 0.3 is 0 Å². The highest BCUT2D eigenvalue weighted by Crippen LogP contribution is 2.18. The van der Waals surface area contributed by atoms with Gasteiger partial charge in [-0.25, -0.2) is 4.98 Å². The van der Waals surface area contributed by atoms with E-state index < -0.39 is 5.95 Å². The molecule has 132 valence electrons. The maximum absolute atomic E-state index is 14.2. The van der Waals surface area contributed by atoms with Crippen LogP contribution in [0.2, 0.25) is 0 Å². The van der Waals surface area contributed by atoms with Crippen molar-refractivity contribution in [1.82, 2.24) is 9.97 Å². The van der Waals surface area contributed by atoms with Gasteiger partial charge in [-0.15, -0.1) is 0 Å². The van der Waals surface area contributed by atoms with Gasteiger partial charge in [0.2, 0.25) is 5.95 Å². The predicted octanol–water partition coefficient (Wildman–Crippen LogP) is 5.84. The summed E-state index contributed by atoms with van der Waals surface area (Å²) in [6, 6.07) is 8.91. The van der Waals surface area contributed by atoms with E-state index in [0.29, 0.717) is 23.4 Å². The summed E-state index contributed by atoms with van der Waals surface area (Å²) in [5, 5.41) is 8.81. The number of aryl methyl sites for hydroxylation is 1. The van der Waals surface area contributed by atoms with Crippen molar-refractivity contribution in [3.63, 3.8) is 0 Å². The van der Waals surface area contributed by atoms with Crippen molar-refractivity contribution in [2.24, 2.45) is 0 Å². The summed E-state index contributed by atoms with van der Waals surface area (Å²) in [5.74, 6) is -0.0704. The Kier molecular flexibility index (Phi) is 8.04. The topological polar surface area (TPSA) is 49.6 Å². The fraction of sp³-hybridized carbons (Fsp3) is 0.476. The zero-order valence-electron chi connectivity index (χ0n) is 15.0. The predicted molar refractivity (Wildman–Crippen MR) is 98.5 cm³/mol. The highest BCUT2D eigenvalue weighted by molar-refractivity contribution is 5.56. The quantitative estimate of drug-likeness (QED) is 0.404. The first-order chi connectivity index (χ1) is 12.2. The van der Waals surface area contributed by atoms with Gasteiger partial charge in [0.05, 0.1) is 11.6 Å². The zero-order chi connectivity index (χ0) is 17.9. The third kappa shape index (κ3) is 6.26. The minimum Gasteiger partial charge on any atom is -0.236 e. The number of benzene rings is 1. The average molecular weight is 339 g/mol. The summed E-state index contributed by atoms with van der Waals surface area (Å²) < 4.78 is 14.2. The molecule has 0 saturated heterocycles. The Morgan fingerprint density at radius 1 is 0.960 bits per heavy atom. The second kappa shape index (κ2) is 10.6. The lowest BCUT2D eigenvalue weighted by atomic mass is 10.1. The van der Waals surface area contributed by atoms with Crippen molar-refractivity contribution < 1.29 is 4.39 Å². The molecule has 0 spiro atoms. The van der Waals surface area contributed by atoms with Gasteiger partial charge in [-0.3, -0.25) is 0 Å². The first kappa shape index (κ1) is 19.1. The Bertz CT molecular complexity index is 689. The van der Waals surface area contributed by atoms with Crippen molar-refractivity contribution in [2.45, 2.75) is 64.7 Å². The molecular weight excluding hydrogens is 313 g/mol. The Labute approximate surface area is 150 Å². The smallest absolute Gasteiger partial charge is 0.219 e. The zero-order valence-corrected chi connectivity index (χ0v) is 15.0. The molecule has 0 aliphatic heterocycles.